The summed E-state index contributed by atoms with van der Waals surface area (Å²) in [6, 6.07) is 8.15. The third-order valence-electron chi connectivity index (χ3n) is 3.13. The van der Waals surface area contributed by atoms with Crippen LogP contribution >= 0.6 is 11.3 Å². The van der Waals surface area contributed by atoms with Gasteiger partial charge >= 0.3 is 0 Å². The average molecular weight is 251 g/mol. The molecule has 0 fully saturated rings. The van der Waals surface area contributed by atoms with Crippen molar-refractivity contribution in [3.63, 3.8) is 0 Å². The maximum atomic E-state index is 14.5. The van der Waals surface area contributed by atoms with E-state index in [1.165, 1.54) is 10.1 Å². The molecule has 0 amide bonds. The standard InChI is InChI=1S/C14H18FNS/c1-2-7-14(15,10-16)8-11-9-17-13-6-4-3-5-12(11)13/h3-6,9H,2,7-8,10,16H2,1H3. The predicted octanol–water partition coefficient (Wildman–Crippen LogP) is 3.91. The normalized spacial score (nSPS) is 15.0. The van der Waals surface area contributed by atoms with Gasteiger partial charge in [0.25, 0.3) is 0 Å². The molecule has 2 N–H and O–H groups in total. The molecule has 1 nitrogen and oxygen atoms in total. The number of hydrogen-bond acceptors (Lipinski definition) is 2. The molecule has 1 atom stereocenters. The van der Waals surface area contributed by atoms with Crippen LogP contribution in [0, 0.1) is 0 Å². The van der Waals surface area contributed by atoms with Crippen molar-refractivity contribution in [3.05, 3.63) is 35.2 Å². The third kappa shape index (κ3) is 2.67. The summed E-state index contributed by atoms with van der Waals surface area (Å²) in [6.45, 7) is 2.10. The summed E-state index contributed by atoms with van der Waals surface area (Å²) in [5, 5.41) is 3.23. The van der Waals surface area contributed by atoms with Crippen molar-refractivity contribution in [2.45, 2.75) is 31.9 Å². The summed E-state index contributed by atoms with van der Waals surface area (Å²) in [7, 11) is 0. The molecule has 1 aromatic carbocycles. The van der Waals surface area contributed by atoms with Gasteiger partial charge in [-0.3, -0.25) is 0 Å². The summed E-state index contributed by atoms with van der Waals surface area (Å²) < 4.78 is 15.7. The largest absolute Gasteiger partial charge is 0.328 e. The minimum atomic E-state index is -1.25. The fourth-order valence-electron chi connectivity index (χ4n) is 2.22. The molecule has 0 radical (unpaired) electrons. The quantitative estimate of drug-likeness (QED) is 0.856. The Morgan fingerprint density at radius 1 is 1.35 bits per heavy atom. The van der Waals surface area contributed by atoms with Crippen LogP contribution in [0.15, 0.2) is 29.6 Å². The highest BCUT2D eigenvalue weighted by molar-refractivity contribution is 7.17. The Balaban J connectivity index is 2.28. The van der Waals surface area contributed by atoms with E-state index in [1.54, 1.807) is 11.3 Å². The Hall–Kier alpha value is -0.930. The first kappa shape index (κ1) is 12.5. The van der Waals surface area contributed by atoms with Gasteiger partial charge in [0.05, 0.1) is 0 Å². The zero-order valence-corrected chi connectivity index (χ0v) is 10.9. The van der Waals surface area contributed by atoms with E-state index in [0.717, 1.165) is 12.0 Å². The molecule has 0 spiro atoms. The van der Waals surface area contributed by atoms with Gasteiger partial charge < -0.3 is 5.73 Å². The first-order valence-electron chi connectivity index (χ1n) is 6.02. The number of halogens is 1. The number of nitrogens with two attached hydrogens (primary N) is 1. The van der Waals surface area contributed by atoms with E-state index in [4.69, 9.17) is 5.73 Å². The molecule has 0 bridgehead atoms. The van der Waals surface area contributed by atoms with Crippen molar-refractivity contribution >= 4 is 21.4 Å². The van der Waals surface area contributed by atoms with Crippen LogP contribution in [-0.2, 0) is 6.42 Å². The van der Waals surface area contributed by atoms with Gasteiger partial charge in [0.2, 0.25) is 0 Å². The second kappa shape index (κ2) is 5.15. The molecular formula is C14H18FNS. The number of rotatable bonds is 5. The van der Waals surface area contributed by atoms with E-state index < -0.39 is 5.67 Å². The Labute approximate surface area is 105 Å². The fourth-order valence-corrected chi connectivity index (χ4v) is 3.18. The molecule has 17 heavy (non-hydrogen) atoms. The topological polar surface area (TPSA) is 26.0 Å². The first-order valence-corrected chi connectivity index (χ1v) is 6.90. The van der Waals surface area contributed by atoms with Crippen molar-refractivity contribution in [3.8, 4) is 0 Å². The molecule has 1 aromatic heterocycles. The summed E-state index contributed by atoms with van der Waals surface area (Å²) in [4.78, 5) is 0. The molecule has 0 aliphatic rings. The molecule has 0 saturated carbocycles. The van der Waals surface area contributed by atoms with Crippen LogP contribution in [0.5, 0.6) is 0 Å². The van der Waals surface area contributed by atoms with Crippen molar-refractivity contribution in [2.24, 2.45) is 5.73 Å². The van der Waals surface area contributed by atoms with Gasteiger partial charge in [0.1, 0.15) is 5.67 Å². The van der Waals surface area contributed by atoms with Gasteiger partial charge in [-0.25, -0.2) is 4.39 Å². The molecule has 0 aliphatic carbocycles. The van der Waals surface area contributed by atoms with Crippen LogP contribution in [-0.4, -0.2) is 12.2 Å². The Kier molecular flexibility index (Phi) is 3.79. The molecule has 92 valence electrons. The first-order chi connectivity index (χ1) is 8.18. The van der Waals surface area contributed by atoms with Crippen LogP contribution in [0.3, 0.4) is 0 Å². The SMILES string of the molecule is CCCC(F)(CN)Cc1csc2ccccc12. The lowest BCUT2D eigenvalue weighted by Gasteiger charge is -2.22. The molecular weight excluding hydrogens is 233 g/mol. The Bertz CT molecular complexity index is 494. The monoisotopic (exact) mass is 251 g/mol. The predicted molar refractivity (Wildman–Crippen MR) is 73.3 cm³/mol. The molecule has 0 aliphatic heterocycles. The van der Waals surface area contributed by atoms with Crippen molar-refractivity contribution in [1.29, 1.82) is 0 Å². The van der Waals surface area contributed by atoms with Gasteiger partial charge in [-0.1, -0.05) is 31.5 Å². The number of alkyl halides is 1. The summed E-state index contributed by atoms with van der Waals surface area (Å²) in [5.41, 5.74) is 5.42. The maximum absolute atomic E-state index is 14.5. The van der Waals surface area contributed by atoms with E-state index in [9.17, 15) is 4.39 Å². The molecule has 1 unspecified atom stereocenters. The highest BCUT2D eigenvalue weighted by Gasteiger charge is 2.28. The third-order valence-corrected chi connectivity index (χ3v) is 4.14. The molecule has 2 aromatic rings. The van der Waals surface area contributed by atoms with Crippen molar-refractivity contribution in [1.82, 2.24) is 0 Å². The number of fused-ring (bicyclic) bond motifs is 1. The average Bonchev–Trinajstić information content (AvgIpc) is 2.73. The highest BCUT2D eigenvalue weighted by atomic mass is 32.1. The molecule has 1 heterocycles. The van der Waals surface area contributed by atoms with Crippen molar-refractivity contribution < 1.29 is 4.39 Å². The van der Waals surface area contributed by atoms with Crippen LogP contribution in [0.4, 0.5) is 4.39 Å². The van der Waals surface area contributed by atoms with Gasteiger partial charge in [0, 0.05) is 17.7 Å². The lowest BCUT2D eigenvalue weighted by atomic mass is 9.92. The lowest BCUT2D eigenvalue weighted by molar-refractivity contribution is 0.159. The summed E-state index contributed by atoms with van der Waals surface area (Å²) >= 11 is 1.68. The van der Waals surface area contributed by atoms with Gasteiger partial charge in [0.15, 0.2) is 0 Å². The van der Waals surface area contributed by atoms with E-state index in [-0.39, 0.29) is 6.54 Å². The van der Waals surface area contributed by atoms with E-state index in [2.05, 4.69) is 17.5 Å². The second-order valence-corrected chi connectivity index (χ2v) is 5.45. The van der Waals surface area contributed by atoms with E-state index >= 15 is 0 Å². The van der Waals surface area contributed by atoms with Crippen LogP contribution in [0.2, 0.25) is 0 Å². The molecule has 2 rings (SSSR count). The highest BCUT2D eigenvalue weighted by Crippen LogP contribution is 2.31. The van der Waals surface area contributed by atoms with Crippen LogP contribution in [0.25, 0.3) is 10.1 Å². The summed E-state index contributed by atoms with van der Waals surface area (Å²) in [5.74, 6) is 0. The Morgan fingerprint density at radius 2 is 2.12 bits per heavy atom. The van der Waals surface area contributed by atoms with Crippen LogP contribution < -0.4 is 5.73 Å². The number of hydrogen-bond donors (Lipinski definition) is 1. The van der Waals surface area contributed by atoms with Crippen LogP contribution in [0.1, 0.15) is 25.3 Å². The van der Waals surface area contributed by atoms with Gasteiger partial charge in [-0.15, -0.1) is 11.3 Å². The zero-order chi connectivity index (χ0) is 12.3. The van der Waals surface area contributed by atoms with E-state index in [1.807, 2.05) is 19.1 Å². The minimum absolute atomic E-state index is 0.102. The van der Waals surface area contributed by atoms with Crippen molar-refractivity contribution in [2.75, 3.05) is 6.54 Å². The molecule has 0 saturated heterocycles. The lowest BCUT2D eigenvalue weighted by Crippen LogP contribution is -2.35. The van der Waals surface area contributed by atoms with E-state index in [0.29, 0.717) is 12.8 Å². The molecule has 3 heteroatoms. The second-order valence-electron chi connectivity index (χ2n) is 4.54. The smallest absolute Gasteiger partial charge is 0.127 e. The summed E-state index contributed by atoms with van der Waals surface area (Å²) in [6.07, 6.45) is 1.80. The maximum Gasteiger partial charge on any atom is 0.127 e. The minimum Gasteiger partial charge on any atom is -0.328 e. The van der Waals surface area contributed by atoms with Gasteiger partial charge in [-0.2, -0.15) is 0 Å². The number of thiophene rings is 1. The fraction of sp³-hybridized carbons (Fsp3) is 0.429. The zero-order valence-electron chi connectivity index (χ0n) is 10.1. The van der Waals surface area contributed by atoms with Gasteiger partial charge in [-0.05, 0) is 28.8 Å². The Morgan fingerprint density at radius 3 is 2.82 bits per heavy atom. The number of benzene rings is 1.